The fourth-order valence-corrected chi connectivity index (χ4v) is 2.83. The molecule has 1 unspecified atom stereocenters. The molecule has 0 heterocycles. The molecule has 0 aliphatic rings. The minimum atomic E-state index is -0.0635. The maximum Gasteiger partial charge on any atom is 0.220 e. The van der Waals surface area contributed by atoms with Gasteiger partial charge >= 0.3 is 0 Å². The maximum absolute atomic E-state index is 12.3. The maximum atomic E-state index is 12.3. The molecule has 5 heteroatoms. The van der Waals surface area contributed by atoms with Crippen molar-refractivity contribution in [2.45, 2.75) is 46.6 Å². The summed E-state index contributed by atoms with van der Waals surface area (Å²) in [6.07, 6.45) is 1.05. The van der Waals surface area contributed by atoms with E-state index in [4.69, 9.17) is 14.2 Å². The summed E-state index contributed by atoms with van der Waals surface area (Å²) in [5.74, 6) is 2.32. The van der Waals surface area contributed by atoms with Crippen LogP contribution in [0.3, 0.4) is 0 Å². The Bertz CT molecular complexity index is 760. The largest absolute Gasteiger partial charge is 0.491 e. The van der Waals surface area contributed by atoms with Crippen molar-refractivity contribution in [2.75, 3.05) is 19.8 Å². The first kappa shape index (κ1) is 21.6. The van der Waals surface area contributed by atoms with Gasteiger partial charge in [0.05, 0.1) is 19.3 Å². The normalized spacial score (nSPS) is 11.6. The van der Waals surface area contributed by atoms with Crippen LogP contribution in [0.4, 0.5) is 0 Å². The molecule has 0 radical (unpaired) electrons. The highest BCUT2D eigenvalue weighted by Crippen LogP contribution is 2.29. The van der Waals surface area contributed by atoms with Crippen LogP contribution in [0.25, 0.3) is 0 Å². The van der Waals surface area contributed by atoms with E-state index in [0.29, 0.717) is 32.7 Å². The first-order valence-corrected chi connectivity index (χ1v) is 9.89. The molecule has 2 aromatic carbocycles. The molecule has 2 aromatic rings. The van der Waals surface area contributed by atoms with E-state index in [1.54, 1.807) is 0 Å². The monoisotopic (exact) mass is 385 g/mol. The highest BCUT2D eigenvalue weighted by molar-refractivity contribution is 5.76. The Morgan fingerprint density at radius 2 is 1.68 bits per heavy atom. The van der Waals surface area contributed by atoms with Crippen LogP contribution in [0.15, 0.2) is 42.5 Å². The Morgan fingerprint density at radius 1 is 0.964 bits per heavy atom. The van der Waals surface area contributed by atoms with Crippen molar-refractivity contribution in [1.29, 1.82) is 0 Å². The zero-order valence-corrected chi connectivity index (χ0v) is 17.3. The molecule has 2 rings (SSSR count). The Balaban J connectivity index is 1.81. The number of hydrogen-bond donors (Lipinski definition) is 1. The molecular weight excluding hydrogens is 354 g/mol. The van der Waals surface area contributed by atoms with Gasteiger partial charge in [0.2, 0.25) is 5.91 Å². The van der Waals surface area contributed by atoms with E-state index < -0.39 is 0 Å². The van der Waals surface area contributed by atoms with Crippen molar-refractivity contribution >= 4 is 5.91 Å². The van der Waals surface area contributed by atoms with Gasteiger partial charge in [0, 0.05) is 6.42 Å². The van der Waals surface area contributed by atoms with Gasteiger partial charge < -0.3 is 19.5 Å². The zero-order chi connectivity index (χ0) is 20.4. The number of aryl methyl sites for hydroxylation is 2. The van der Waals surface area contributed by atoms with Crippen molar-refractivity contribution in [3.63, 3.8) is 0 Å². The van der Waals surface area contributed by atoms with Crippen molar-refractivity contribution in [3.8, 4) is 17.2 Å². The van der Waals surface area contributed by atoms with E-state index in [-0.39, 0.29) is 11.9 Å². The van der Waals surface area contributed by atoms with Crippen LogP contribution in [-0.4, -0.2) is 31.8 Å². The number of ether oxygens (including phenoxy) is 3. The Kier molecular flexibility index (Phi) is 8.66. The predicted octanol–water partition coefficient (Wildman–Crippen LogP) is 4.31. The third-order valence-electron chi connectivity index (χ3n) is 4.24. The minimum Gasteiger partial charge on any atom is -0.491 e. The predicted molar refractivity (Wildman–Crippen MR) is 111 cm³/mol. The van der Waals surface area contributed by atoms with Gasteiger partial charge in [-0.05, 0) is 63.4 Å². The number of nitrogens with one attached hydrogen (secondary N) is 1. The molecule has 1 atom stereocenters. The van der Waals surface area contributed by atoms with Crippen LogP contribution < -0.4 is 19.5 Å². The molecule has 0 fully saturated rings. The molecule has 0 aliphatic carbocycles. The van der Waals surface area contributed by atoms with Crippen molar-refractivity contribution in [2.24, 2.45) is 0 Å². The molecular formula is C23H31NO4. The topological polar surface area (TPSA) is 56.8 Å². The fraction of sp³-hybridized carbons (Fsp3) is 0.435. The van der Waals surface area contributed by atoms with Crippen LogP contribution in [0.2, 0.25) is 0 Å². The first-order chi connectivity index (χ1) is 13.5. The van der Waals surface area contributed by atoms with Gasteiger partial charge in [-0.3, -0.25) is 4.79 Å². The van der Waals surface area contributed by atoms with Crippen molar-refractivity contribution in [3.05, 3.63) is 53.6 Å². The number of para-hydroxylation sites is 1. The second kappa shape index (κ2) is 11.2. The van der Waals surface area contributed by atoms with Crippen LogP contribution in [0, 0.1) is 6.92 Å². The lowest BCUT2D eigenvalue weighted by Gasteiger charge is -2.16. The summed E-state index contributed by atoms with van der Waals surface area (Å²) in [6.45, 7) is 9.43. The highest BCUT2D eigenvalue weighted by atomic mass is 16.5. The van der Waals surface area contributed by atoms with E-state index in [1.807, 2.05) is 70.2 Å². The van der Waals surface area contributed by atoms with Gasteiger partial charge in [-0.15, -0.1) is 0 Å². The Labute approximate surface area is 168 Å². The van der Waals surface area contributed by atoms with Gasteiger partial charge in [-0.1, -0.05) is 24.3 Å². The van der Waals surface area contributed by atoms with E-state index >= 15 is 0 Å². The molecule has 1 amide bonds. The van der Waals surface area contributed by atoms with Gasteiger partial charge in [0.15, 0.2) is 11.5 Å². The number of benzene rings is 2. The summed E-state index contributed by atoms with van der Waals surface area (Å²) in [5.41, 5.74) is 2.13. The molecule has 0 saturated carbocycles. The third-order valence-corrected chi connectivity index (χ3v) is 4.24. The molecule has 5 nitrogen and oxygen atoms in total. The van der Waals surface area contributed by atoms with Gasteiger partial charge in [-0.2, -0.15) is 0 Å². The summed E-state index contributed by atoms with van der Waals surface area (Å²) in [4.78, 5) is 12.3. The van der Waals surface area contributed by atoms with Crippen LogP contribution in [0.1, 0.15) is 38.3 Å². The minimum absolute atomic E-state index is 0.00716. The van der Waals surface area contributed by atoms with Gasteiger partial charge in [0.25, 0.3) is 0 Å². The molecule has 0 aliphatic heterocycles. The number of hydrogen-bond acceptors (Lipinski definition) is 4. The lowest BCUT2D eigenvalue weighted by atomic mass is 10.1. The molecule has 152 valence electrons. The Morgan fingerprint density at radius 3 is 2.39 bits per heavy atom. The summed E-state index contributed by atoms with van der Waals surface area (Å²) in [6, 6.07) is 13.6. The quantitative estimate of drug-likeness (QED) is 0.626. The molecule has 0 spiro atoms. The van der Waals surface area contributed by atoms with Crippen LogP contribution in [0.5, 0.6) is 17.2 Å². The highest BCUT2D eigenvalue weighted by Gasteiger charge is 2.11. The van der Waals surface area contributed by atoms with Crippen LogP contribution >= 0.6 is 0 Å². The third kappa shape index (κ3) is 6.80. The van der Waals surface area contributed by atoms with E-state index in [1.165, 1.54) is 0 Å². The van der Waals surface area contributed by atoms with Gasteiger partial charge in [-0.25, -0.2) is 0 Å². The van der Waals surface area contributed by atoms with E-state index in [9.17, 15) is 4.79 Å². The zero-order valence-electron chi connectivity index (χ0n) is 17.3. The molecule has 0 saturated heterocycles. The summed E-state index contributed by atoms with van der Waals surface area (Å²) >= 11 is 0. The summed E-state index contributed by atoms with van der Waals surface area (Å²) < 4.78 is 17.0. The average molecular weight is 386 g/mol. The van der Waals surface area contributed by atoms with E-state index in [2.05, 4.69) is 5.32 Å². The second-order valence-corrected chi connectivity index (χ2v) is 6.69. The number of carbonyl (C=O) groups is 1. The smallest absolute Gasteiger partial charge is 0.220 e. The van der Waals surface area contributed by atoms with Gasteiger partial charge in [0.1, 0.15) is 12.4 Å². The molecule has 1 N–H and O–H groups in total. The van der Waals surface area contributed by atoms with Crippen LogP contribution in [-0.2, 0) is 11.2 Å². The first-order valence-electron chi connectivity index (χ1n) is 9.89. The SMILES string of the molecule is CCOc1ccc(CCC(=O)NC(C)COc2ccccc2C)cc1OCC. The summed E-state index contributed by atoms with van der Waals surface area (Å²) in [7, 11) is 0. The number of amides is 1. The number of rotatable bonds is 11. The molecule has 0 aromatic heterocycles. The number of carbonyl (C=O) groups excluding carboxylic acids is 1. The average Bonchev–Trinajstić information content (AvgIpc) is 2.68. The second-order valence-electron chi connectivity index (χ2n) is 6.69. The van der Waals surface area contributed by atoms with Crippen molar-refractivity contribution < 1.29 is 19.0 Å². The Hall–Kier alpha value is -2.69. The molecule has 28 heavy (non-hydrogen) atoms. The van der Waals surface area contributed by atoms with Crippen molar-refractivity contribution in [1.82, 2.24) is 5.32 Å². The lowest BCUT2D eigenvalue weighted by Crippen LogP contribution is -2.36. The fourth-order valence-electron chi connectivity index (χ4n) is 2.83. The standard InChI is InChI=1S/C23H31NO4/c1-5-26-21-13-11-19(15-22(21)27-6-2)12-14-23(25)24-18(4)16-28-20-10-8-7-9-17(20)3/h7-11,13,15,18H,5-6,12,14,16H2,1-4H3,(H,24,25). The molecule has 0 bridgehead atoms. The summed E-state index contributed by atoms with van der Waals surface area (Å²) in [5, 5.41) is 2.99. The van der Waals surface area contributed by atoms with E-state index in [0.717, 1.165) is 28.4 Å². The lowest BCUT2D eigenvalue weighted by molar-refractivity contribution is -0.121.